The second kappa shape index (κ2) is 11.9. The van der Waals surface area contributed by atoms with Crippen molar-refractivity contribution in [2.75, 3.05) is 25.1 Å². The number of amides is 2. The van der Waals surface area contributed by atoms with E-state index in [2.05, 4.69) is 44.7 Å². The van der Waals surface area contributed by atoms with Crippen molar-refractivity contribution in [1.82, 2.24) is 20.5 Å². The Kier molecular flexibility index (Phi) is 7.92. The third-order valence-electron chi connectivity index (χ3n) is 8.95. The monoisotopic (exact) mass is 553 g/mol. The molecule has 3 fully saturated rings. The zero-order valence-electron chi connectivity index (χ0n) is 23.9. The third kappa shape index (κ3) is 5.93. The number of pyridine rings is 1. The van der Waals surface area contributed by atoms with E-state index in [-0.39, 0.29) is 23.9 Å². The molecular weight excluding hydrogens is 514 g/mol. The Morgan fingerprint density at radius 2 is 1.66 bits per heavy atom. The minimum absolute atomic E-state index is 0.0433. The maximum absolute atomic E-state index is 13.1. The normalized spacial score (nSPS) is 23.8. The molecule has 0 unspecified atom stereocenters. The molecule has 3 aromatic rings. The molecule has 8 nitrogen and oxygen atoms in total. The van der Waals surface area contributed by atoms with Crippen molar-refractivity contribution in [3.8, 4) is 5.75 Å². The Hall–Kier alpha value is -3.91. The molecule has 2 amide bonds. The molecule has 2 bridgehead atoms. The predicted molar refractivity (Wildman–Crippen MR) is 159 cm³/mol. The van der Waals surface area contributed by atoms with E-state index in [4.69, 9.17) is 9.72 Å². The number of nitrogens with zero attached hydrogens (tertiary/aromatic N) is 3. The number of piperidine rings is 1. The molecule has 0 radical (unpaired) electrons. The summed E-state index contributed by atoms with van der Waals surface area (Å²) in [6.45, 7) is 4.67. The topological polar surface area (TPSA) is 86.8 Å². The predicted octanol–water partition coefficient (Wildman–Crippen LogP) is 4.33. The van der Waals surface area contributed by atoms with Gasteiger partial charge < -0.3 is 20.3 Å². The number of likely N-dealkylation sites (tertiary alicyclic amines) is 1. The second-order valence-corrected chi connectivity index (χ2v) is 11.7. The quantitative estimate of drug-likeness (QED) is 0.432. The first-order valence-electron chi connectivity index (χ1n) is 14.7. The van der Waals surface area contributed by atoms with Crippen LogP contribution in [0.4, 0.5) is 5.82 Å². The lowest BCUT2D eigenvalue weighted by molar-refractivity contribution is 0.0921. The van der Waals surface area contributed by atoms with Crippen LogP contribution in [0.5, 0.6) is 5.75 Å². The van der Waals surface area contributed by atoms with E-state index in [9.17, 15) is 9.59 Å². The van der Waals surface area contributed by atoms with Crippen molar-refractivity contribution < 1.29 is 14.3 Å². The Bertz CT molecular complexity index is 1370. The van der Waals surface area contributed by atoms with Gasteiger partial charge in [-0.3, -0.25) is 14.5 Å². The highest BCUT2D eigenvalue weighted by Gasteiger charge is 2.42. The number of benzene rings is 2. The summed E-state index contributed by atoms with van der Waals surface area (Å²) in [5.41, 5.74) is 3.42. The number of carbonyl (C=O) groups is 2. The fraction of sp³-hybridized carbons (Fsp3) is 0.424. The lowest BCUT2D eigenvalue weighted by atomic mass is 9.96. The maximum atomic E-state index is 13.1. The molecule has 214 valence electrons. The average Bonchev–Trinajstić information content (AvgIpc) is 3.53. The molecule has 4 heterocycles. The largest absolute Gasteiger partial charge is 0.496 e. The standard InChI is InChI=1S/C33H39N5O3/c1-22-29(9-6-10-30(22)41-2)33(40)36-26-17-27-12-13-28(18-26)38(27)31-14-11-24(19-34-31)32(39)35-25-15-16-37(21-25)20-23-7-4-3-5-8-23/h3-11,14,19,25-28H,12-13,15-18,20-21H2,1-2H3,(H,35,39)(H,36,40)/t25-,26-,27+,28-/m1/s1. The van der Waals surface area contributed by atoms with E-state index in [1.54, 1.807) is 13.3 Å². The number of ether oxygens (including phenoxy) is 1. The van der Waals surface area contributed by atoms with E-state index in [0.717, 1.165) is 68.9 Å². The Labute approximate surface area is 242 Å². The zero-order chi connectivity index (χ0) is 28.3. The summed E-state index contributed by atoms with van der Waals surface area (Å²) >= 11 is 0. The number of carbonyl (C=O) groups excluding carboxylic acids is 2. The van der Waals surface area contributed by atoms with E-state index in [1.807, 2.05) is 43.3 Å². The van der Waals surface area contributed by atoms with Crippen molar-refractivity contribution in [3.05, 3.63) is 89.1 Å². The second-order valence-electron chi connectivity index (χ2n) is 11.7. The van der Waals surface area contributed by atoms with Gasteiger partial charge in [0.2, 0.25) is 0 Å². The van der Waals surface area contributed by atoms with Crippen molar-refractivity contribution in [2.45, 2.75) is 69.7 Å². The fourth-order valence-corrected chi connectivity index (χ4v) is 6.89. The highest BCUT2D eigenvalue weighted by Crippen LogP contribution is 2.38. The first-order valence-corrected chi connectivity index (χ1v) is 14.7. The number of aromatic nitrogens is 1. The lowest BCUT2D eigenvalue weighted by Crippen LogP contribution is -2.50. The first kappa shape index (κ1) is 27.3. The smallest absolute Gasteiger partial charge is 0.253 e. The zero-order valence-corrected chi connectivity index (χ0v) is 23.9. The van der Waals surface area contributed by atoms with Crippen LogP contribution in [0.1, 0.15) is 63.9 Å². The van der Waals surface area contributed by atoms with Crippen molar-refractivity contribution in [1.29, 1.82) is 0 Å². The molecule has 41 heavy (non-hydrogen) atoms. The van der Waals surface area contributed by atoms with Gasteiger partial charge in [-0.1, -0.05) is 36.4 Å². The molecule has 0 saturated carbocycles. The average molecular weight is 554 g/mol. The molecule has 3 aliphatic heterocycles. The molecule has 0 spiro atoms. The van der Waals surface area contributed by atoms with Crippen molar-refractivity contribution >= 4 is 17.6 Å². The van der Waals surface area contributed by atoms with Crippen LogP contribution in [0.15, 0.2) is 66.9 Å². The molecule has 3 saturated heterocycles. The summed E-state index contributed by atoms with van der Waals surface area (Å²) in [5, 5.41) is 6.48. The van der Waals surface area contributed by atoms with Gasteiger partial charge in [0.15, 0.2) is 0 Å². The molecule has 3 aliphatic rings. The summed E-state index contributed by atoms with van der Waals surface area (Å²) in [5.74, 6) is 1.53. The van der Waals surface area contributed by atoms with Gasteiger partial charge in [0.1, 0.15) is 11.6 Å². The van der Waals surface area contributed by atoms with Gasteiger partial charge in [-0.25, -0.2) is 4.98 Å². The molecular formula is C33H39N5O3. The number of hydrogen-bond donors (Lipinski definition) is 2. The Morgan fingerprint density at radius 3 is 2.37 bits per heavy atom. The SMILES string of the molecule is COc1cccc(C(=O)N[C@H]2C[C@H]3CC[C@@H](C2)N3c2ccc(C(=O)N[C@@H]3CCN(Cc4ccccc4)C3)cn2)c1C. The van der Waals surface area contributed by atoms with Gasteiger partial charge in [-0.2, -0.15) is 0 Å². The summed E-state index contributed by atoms with van der Waals surface area (Å²) in [4.78, 5) is 35.6. The summed E-state index contributed by atoms with van der Waals surface area (Å²) in [7, 11) is 1.63. The van der Waals surface area contributed by atoms with Gasteiger partial charge in [0.25, 0.3) is 11.8 Å². The number of fused-ring (bicyclic) bond motifs is 2. The van der Waals surface area contributed by atoms with Crippen molar-refractivity contribution in [2.24, 2.45) is 0 Å². The molecule has 2 N–H and O–H groups in total. The highest BCUT2D eigenvalue weighted by molar-refractivity contribution is 5.96. The fourth-order valence-electron chi connectivity index (χ4n) is 6.89. The van der Waals surface area contributed by atoms with Gasteiger partial charge in [0, 0.05) is 61.1 Å². The molecule has 6 rings (SSSR count). The molecule has 1 aromatic heterocycles. The van der Waals surface area contributed by atoms with E-state index >= 15 is 0 Å². The van der Waals surface area contributed by atoms with E-state index < -0.39 is 0 Å². The van der Waals surface area contributed by atoms with Crippen LogP contribution in [-0.4, -0.2) is 66.1 Å². The molecule has 4 atom stereocenters. The Morgan fingerprint density at radius 1 is 0.902 bits per heavy atom. The number of hydrogen-bond acceptors (Lipinski definition) is 6. The summed E-state index contributed by atoms with van der Waals surface area (Å²) in [6, 6.07) is 20.9. The lowest BCUT2D eigenvalue weighted by Gasteiger charge is -2.40. The number of rotatable bonds is 8. The van der Waals surface area contributed by atoms with Crippen LogP contribution in [0.2, 0.25) is 0 Å². The van der Waals surface area contributed by atoms with Gasteiger partial charge in [-0.05, 0) is 68.9 Å². The summed E-state index contributed by atoms with van der Waals surface area (Å²) < 4.78 is 5.39. The third-order valence-corrected chi connectivity index (χ3v) is 8.95. The van der Waals surface area contributed by atoms with Gasteiger partial charge >= 0.3 is 0 Å². The van der Waals surface area contributed by atoms with Gasteiger partial charge in [-0.15, -0.1) is 0 Å². The van der Waals surface area contributed by atoms with Crippen molar-refractivity contribution in [3.63, 3.8) is 0 Å². The molecule has 2 aromatic carbocycles. The van der Waals surface area contributed by atoms with E-state index in [1.165, 1.54) is 5.56 Å². The van der Waals surface area contributed by atoms with Crippen LogP contribution < -0.4 is 20.3 Å². The molecule has 8 heteroatoms. The van der Waals surface area contributed by atoms with Crippen LogP contribution in [0, 0.1) is 6.92 Å². The van der Waals surface area contributed by atoms with E-state index in [0.29, 0.717) is 23.2 Å². The minimum atomic E-state index is -0.0622. The van der Waals surface area contributed by atoms with Gasteiger partial charge in [0.05, 0.1) is 12.7 Å². The number of methoxy groups -OCH3 is 1. The molecule has 0 aliphatic carbocycles. The van der Waals surface area contributed by atoms with Crippen LogP contribution >= 0.6 is 0 Å². The summed E-state index contributed by atoms with van der Waals surface area (Å²) in [6.07, 6.45) is 6.60. The highest BCUT2D eigenvalue weighted by atomic mass is 16.5. The maximum Gasteiger partial charge on any atom is 0.253 e. The van der Waals surface area contributed by atoms with Crippen LogP contribution in [0.3, 0.4) is 0 Å². The van der Waals surface area contributed by atoms with Crippen LogP contribution in [0.25, 0.3) is 0 Å². The Balaban J connectivity index is 1.03. The first-order chi connectivity index (χ1) is 20.0. The minimum Gasteiger partial charge on any atom is -0.496 e. The number of anilines is 1. The van der Waals surface area contributed by atoms with Crippen LogP contribution in [-0.2, 0) is 6.54 Å². The number of nitrogens with one attached hydrogen (secondary N) is 2.